The fraction of sp³-hybridized carbons (Fsp3) is 0.455. The zero-order chi connectivity index (χ0) is 12.1. The van der Waals surface area contributed by atoms with Crippen LogP contribution >= 0.6 is 34.8 Å². The molecule has 0 radical (unpaired) electrons. The topological polar surface area (TPSA) is 29.5 Å². The lowest BCUT2D eigenvalue weighted by atomic mass is 10.2. The van der Waals surface area contributed by atoms with E-state index in [0.717, 1.165) is 6.42 Å². The van der Waals surface area contributed by atoms with E-state index in [1.54, 1.807) is 19.1 Å². The SMILES string of the molecule is CC(O)CCCOc1c(Cl)cc(Cl)cc1Cl. The van der Waals surface area contributed by atoms with Crippen LogP contribution in [0.2, 0.25) is 15.1 Å². The third-order valence-electron chi connectivity index (χ3n) is 1.98. The molecule has 2 nitrogen and oxygen atoms in total. The van der Waals surface area contributed by atoms with Crippen molar-refractivity contribution in [3.8, 4) is 5.75 Å². The maximum absolute atomic E-state index is 9.07. The highest BCUT2D eigenvalue weighted by Gasteiger charge is 2.09. The van der Waals surface area contributed by atoms with E-state index in [4.69, 9.17) is 44.6 Å². The molecule has 1 unspecified atom stereocenters. The predicted molar refractivity (Wildman–Crippen MR) is 67.9 cm³/mol. The van der Waals surface area contributed by atoms with E-state index >= 15 is 0 Å². The Kier molecular flexibility index (Phi) is 5.70. The van der Waals surface area contributed by atoms with Gasteiger partial charge < -0.3 is 9.84 Å². The normalized spacial score (nSPS) is 12.6. The molecule has 1 aromatic rings. The van der Waals surface area contributed by atoms with Crippen LogP contribution in [-0.4, -0.2) is 17.8 Å². The summed E-state index contributed by atoms with van der Waals surface area (Å²) in [5.41, 5.74) is 0. The Bertz CT molecular complexity index is 330. The summed E-state index contributed by atoms with van der Waals surface area (Å²) in [6, 6.07) is 3.16. The van der Waals surface area contributed by atoms with Crippen LogP contribution in [0.3, 0.4) is 0 Å². The number of rotatable bonds is 5. The van der Waals surface area contributed by atoms with Crippen molar-refractivity contribution >= 4 is 34.8 Å². The number of ether oxygens (including phenoxy) is 1. The number of aliphatic hydroxyl groups excluding tert-OH is 1. The van der Waals surface area contributed by atoms with Gasteiger partial charge >= 0.3 is 0 Å². The van der Waals surface area contributed by atoms with Crippen molar-refractivity contribution in [1.82, 2.24) is 0 Å². The second-order valence-corrected chi connectivity index (χ2v) is 4.79. The van der Waals surface area contributed by atoms with Crippen LogP contribution in [0.1, 0.15) is 19.8 Å². The molecule has 0 aliphatic carbocycles. The highest BCUT2D eigenvalue weighted by molar-refractivity contribution is 6.40. The van der Waals surface area contributed by atoms with Crippen molar-refractivity contribution in [1.29, 1.82) is 0 Å². The number of halogens is 3. The first-order valence-corrected chi connectivity index (χ1v) is 6.09. The predicted octanol–water partition coefficient (Wildman–Crippen LogP) is 4.19. The van der Waals surface area contributed by atoms with Gasteiger partial charge in [-0.1, -0.05) is 34.8 Å². The molecular formula is C11H13Cl3O2. The van der Waals surface area contributed by atoms with Gasteiger partial charge in [0.25, 0.3) is 0 Å². The van der Waals surface area contributed by atoms with Crippen LogP contribution in [0.25, 0.3) is 0 Å². The fourth-order valence-electron chi connectivity index (χ4n) is 1.22. The van der Waals surface area contributed by atoms with Crippen LogP contribution in [0.4, 0.5) is 0 Å². The molecule has 5 heteroatoms. The maximum Gasteiger partial charge on any atom is 0.156 e. The molecule has 1 atom stereocenters. The summed E-state index contributed by atoms with van der Waals surface area (Å²) in [7, 11) is 0. The average molecular weight is 284 g/mol. The van der Waals surface area contributed by atoms with E-state index in [-0.39, 0.29) is 6.10 Å². The van der Waals surface area contributed by atoms with Gasteiger partial charge in [0.2, 0.25) is 0 Å². The van der Waals surface area contributed by atoms with Gasteiger partial charge in [-0.15, -0.1) is 0 Å². The Hall–Kier alpha value is -0.150. The highest BCUT2D eigenvalue weighted by Crippen LogP contribution is 2.35. The number of hydrogen-bond acceptors (Lipinski definition) is 2. The summed E-state index contributed by atoms with van der Waals surface area (Å²) >= 11 is 17.6. The number of hydrogen-bond donors (Lipinski definition) is 1. The van der Waals surface area contributed by atoms with Crippen molar-refractivity contribution in [3.05, 3.63) is 27.2 Å². The molecule has 0 aliphatic heterocycles. The van der Waals surface area contributed by atoms with E-state index in [1.807, 2.05) is 0 Å². The Labute approximate surface area is 110 Å². The molecule has 90 valence electrons. The number of aliphatic hydroxyl groups is 1. The van der Waals surface area contributed by atoms with Crippen molar-refractivity contribution in [2.75, 3.05) is 6.61 Å². The second-order valence-electron chi connectivity index (χ2n) is 3.54. The molecule has 0 heterocycles. The van der Waals surface area contributed by atoms with Crippen LogP contribution in [0, 0.1) is 0 Å². The molecule has 1 rings (SSSR count). The van der Waals surface area contributed by atoms with Crippen molar-refractivity contribution in [2.24, 2.45) is 0 Å². The lowest BCUT2D eigenvalue weighted by molar-refractivity contribution is 0.170. The van der Waals surface area contributed by atoms with Crippen LogP contribution in [-0.2, 0) is 0 Å². The van der Waals surface area contributed by atoms with E-state index < -0.39 is 0 Å². The maximum atomic E-state index is 9.07. The van der Waals surface area contributed by atoms with Crippen LogP contribution < -0.4 is 4.74 Å². The van der Waals surface area contributed by atoms with Crippen molar-refractivity contribution in [2.45, 2.75) is 25.9 Å². The highest BCUT2D eigenvalue weighted by atomic mass is 35.5. The monoisotopic (exact) mass is 282 g/mol. The zero-order valence-electron chi connectivity index (χ0n) is 8.84. The summed E-state index contributed by atoms with van der Waals surface area (Å²) in [5, 5.41) is 10.3. The summed E-state index contributed by atoms with van der Waals surface area (Å²) < 4.78 is 5.44. The standard InChI is InChI=1S/C11H13Cl3O2/c1-7(15)3-2-4-16-11-9(13)5-8(12)6-10(11)14/h5-7,15H,2-4H2,1H3. The molecule has 0 bridgehead atoms. The quantitative estimate of drug-likeness (QED) is 0.821. The van der Waals surface area contributed by atoms with Crippen LogP contribution in [0.15, 0.2) is 12.1 Å². The minimum Gasteiger partial charge on any atom is -0.490 e. The smallest absolute Gasteiger partial charge is 0.156 e. The van der Waals surface area contributed by atoms with Gasteiger partial charge in [0.05, 0.1) is 22.8 Å². The van der Waals surface area contributed by atoms with E-state index in [9.17, 15) is 0 Å². The summed E-state index contributed by atoms with van der Waals surface area (Å²) in [5.74, 6) is 0.443. The lowest BCUT2D eigenvalue weighted by Gasteiger charge is -2.10. The van der Waals surface area contributed by atoms with Gasteiger partial charge in [0.1, 0.15) is 0 Å². The molecule has 1 N–H and O–H groups in total. The Morgan fingerprint density at radius 2 is 1.81 bits per heavy atom. The molecule has 0 saturated heterocycles. The van der Waals surface area contributed by atoms with Gasteiger partial charge in [-0.05, 0) is 31.9 Å². The van der Waals surface area contributed by atoms with E-state index in [1.165, 1.54) is 0 Å². The molecule has 1 aromatic carbocycles. The molecule has 16 heavy (non-hydrogen) atoms. The molecule has 0 aliphatic rings. The fourth-order valence-corrected chi connectivity index (χ4v) is 2.15. The van der Waals surface area contributed by atoms with E-state index in [2.05, 4.69) is 0 Å². The van der Waals surface area contributed by atoms with Gasteiger partial charge in [-0.2, -0.15) is 0 Å². The largest absolute Gasteiger partial charge is 0.490 e. The minimum atomic E-state index is -0.320. The summed E-state index contributed by atoms with van der Waals surface area (Å²) in [6.45, 7) is 2.20. The lowest BCUT2D eigenvalue weighted by Crippen LogP contribution is -2.04. The van der Waals surface area contributed by atoms with E-state index in [0.29, 0.717) is 33.8 Å². The molecular weight excluding hydrogens is 270 g/mol. The van der Waals surface area contributed by atoms with Crippen molar-refractivity contribution < 1.29 is 9.84 Å². The number of benzene rings is 1. The second kappa shape index (κ2) is 6.55. The molecule has 0 saturated carbocycles. The summed E-state index contributed by atoms with van der Waals surface area (Å²) in [4.78, 5) is 0. The third-order valence-corrected chi connectivity index (χ3v) is 2.76. The first-order chi connectivity index (χ1) is 7.50. The van der Waals surface area contributed by atoms with Crippen LogP contribution in [0.5, 0.6) is 5.75 Å². The molecule has 0 amide bonds. The van der Waals surface area contributed by atoms with Gasteiger partial charge in [0.15, 0.2) is 5.75 Å². The molecule has 0 spiro atoms. The summed E-state index contributed by atoms with van der Waals surface area (Å²) in [6.07, 6.45) is 1.11. The Morgan fingerprint density at radius 3 is 2.31 bits per heavy atom. The van der Waals surface area contributed by atoms with Gasteiger partial charge in [-0.25, -0.2) is 0 Å². The van der Waals surface area contributed by atoms with Gasteiger partial charge in [-0.3, -0.25) is 0 Å². The zero-order valence-corrected chi connectivity index (χ0v) is 11.1. The van der Waals surface area contributed by atoms with Crippen molar-refractivity contribution in [3.63, 3.8) is 0 Å². The minimum absolute atomic E-state index is 0.320. The first kappa shape index (κ1) is 13.9. The molecule has 0 fully saturated rings. The Balaban J connectivity index is 2.54. The first-order valence-electron chi connectivity index (χ1n) is 4.96. The average Bonchev–Trinajstić information content (AvgIpc) is 2.14. The van der Waals surface area contributed by atoms with Gasteiger partial charge in [0, 0.05) is 5.02 Å². The Morgan fingerprint density at radius 1 is 1.25 bits per heavy atom. The third kappa shape index (κ3) is 4.38. The molecule has 0 aromatic heterocycles.